The van der Waals surface area contributed by atoms with Crippen LogP contribution in [0.15, 0.2) is 42.5 Å². The maximum Gasteiger partial charge on any atom is 0.222 e. The fourth-order valence-corrected chi connectivity index (χ4v) is 4.73. The first-order valence-corrected chi connectivity index (χ1v) is 9.02. The Morgan fingerprint density at radius 1 is 1.08 bits per heavy atom. The molecule has 1 aliphatic heterocycles. The topological polar surface area (TPSA) is 20.3 Å². The number of piperidine rings is 1. The summed E-state index contributed by atoms with van der Waals surface area (Å²) in [4.78, 5) is 14.1. The van der Waals surface area contributed by atoms with Crippen molar-refractivity contribution in [1.82, 2.24) is 4.90 Å². The number of rotatable bonds is 1. The van der Waals surface area contributed by atoms with E-state index in [1.54, 1.807) is 0 Å². The van der Waals surface area contributed by atoms with E-state index in [0.717, 1.165) is 24.3 Å². The van der Waals surface area contributed by atoms with E-state index in [1.807, 2.05) is 24.1 Å². The number of hydrogen-bond donors (Lipinski definition) is 0. The summed E-state index contributed by atoms with van der Waals surface area (Å²) >= 11 is 6.00. The van der Waals surface area contributed by atoms with Gasteiger partial charge in [0.2, 0.25) is 5.91 Å². The fourth-order valence-electron chi connectivity index (χ4n) is 4.61. The molecule has 2 nitrogen and oxygen atoms in total. The van der Waals surface area contributed by atoms with Gasteiger partial charge in [-0.3, -0.25) is 4.79 Å². The fraction of sp³-hybridized carbons (Fsp3) is 0.381. The van der Waals surface area contributed by atoms with Crippen molar-refractivity contribution in [3.63, 3.8) is 0 Å². The molecule has 0 radical (unpaired) electrons. The van der Waals surface area contributed by atoms with Gasteiger partial charge in [-0.1, -0.05) is 48.9 Å². The van der Waals surface area contributed by atoms with Crippen molar-refractivity contribution >= 4 is 17.5 Å². The van der Waals surface area contributed by atoms with Gasteiger partial charge < -0.3 is 4.90 Å². The van der Waals surface area contributed by atoms with Crippen LogP contribution in [0.4, 0.5) is 0 Å². The van der Waals surface area contributed by atoms with Gasteiger partial charge in [-0.05, 0) is 53.6 Å². The first-order chi connectivity index (χ1) is 11.5. The minimum absolute atomic E-state index is 0.0781. The Labute approximate surface area is 148 Å². The van der Waals surface area contributed by atoms with Crippen LogP contribution in [0.3, 0.4) is 0 Å². The van der Waals surface area contributed by atoms with Crippen LogP contribution in [0.25, 0.3) is 11.1 Å². The molecule has 2 atom stereocenters. The van der Waals surface area contributed by atoms with Crippen LogP contribution >= 0.6 is 11.6 Å². The lowest BCUT2D eigenvalue weighted by molar-refractivity contribution is -0.138. The minimum Gasteiger partial charge on any atom is -0.342 e. The molecular weight excluding hydrogens is 318 g/mol. The zero-order chi connectivity index (χ0) is 16.9. The number of likely N-dealkylation sites (tertiary alicyclic amines) is 1. The van der Waals surface area contributed by atoms with Gasteiger partial charge in [0.15, 0.2) is 0 Å². The molecule has 2 aromatic rings. The summed E-state index contributed by atoms with van der Waals surface area (Å²) in [6.45, 7) is 2.33. The molecule has 2 aromatic carbocycles. The van der Waals surface area contributed by atoms with Gasteiger partial charge in [0, 0.05) is 29.9 Å². The Bertz CT molecular complexity index is 798. The molecule has 1 saturated heterocycles. The van der Waals surface area contributed by atoms with Crippen molar-refractivity contribution < 1.29 is 4.79 Å². The molecule has 0 saturated carbocycles. The quantitative estimate of drug-likeness (QED) is 0.728. The van der Waals surface area contributed by atoms with E-state index >= 15 is 0 Å². The Morgan fingerprint density at radius 3 is 2.54 bits per heavy atom. The standard InChI is InChI=1S/C21H22ClNO/c1-21-12-11-20(24)23(2)19(21)10-6-16-13-15(5-9-18(16)21)14-3-7-17(22)8-4-14/h3-5,7-9,13,19H,6,10-12H2,1-2H3/t19-,21-/m1/s1. The van der Waals surface area contributed by atoms with E-state index in [-0.39, 0.29) is 5.41 Å². The normalized spacial score (nSPS) is 26.0. The number of benzene rings is 2. The van der Waals surface area contributed by atoms with Crippen LogP contribution in [0.5, 0.6) is 0 Å². The average Bonchev–Trinajstić information content (AvgIpc) is 2.59. The SMILES string of the molecule is CN1C(=O)CC[C@]2(C)c3ccc(-c4ccc(Cl)cc4)cc3CC[C@@H]12. The number of fused-ring (bicyclic) bond motifs is 3. The summed E-state index contributed by atoms with van der Waals surface area (Å²) in [5, 5.41) is 0.766. The number of aryl methyl sites for hydroxylation is 1. The third-order valence-corrected chi connectivity index (χ3v) is 6.29. The molecular formula is C21H22ClNO. The largest absolute Gasteiger partial charge is 0.342 e. The van der Waals surface area contributed by atoms with E-state index in [9.17, 15) is 4.79 Å². The van der Waals surface area contributed by atoms with Gasteiger partial charge in [-0.15, -0.1) is 0 Å². The monoisotopic (exact) mass is 339 g/mol. The van der Waals surface area contributed by atoms with Gasteiger partial charge in [0.25, 0.3) is 0 Å². The summed E-state index contributed by atoms with van der Waals surface area (Å²) in [6, 6.07) is 15.2. The van der Waals surface area contributed by atoms with E-state index in [4.69, 9.17) is 11.6 Å². The third kappa shape index (κ3) is 2.36. The maximum absolute atomic E-state index is 12.1. The van der Waals surface area contributed by atoms with E-state index in [0.29, 0.717) is 18.4 Å². The molecule has 2 aliphatic rings. The molecule has 0 bridgehead atoms. The summed E-state index contributed by atoms with van der Waals surface area (Å²) in [7, 11) is 1.97. The second-order valence-corrected chi connectivity index (χ2v) is 7.79. The summed E-state index contributed by atoms with van der Waals surface area (Å²) in [6.07, 6.45) is 3.69. The molecule has 3 heteroatoms. The lowest BCUT2D eigenvalue weighted by Crippen LogP contribution is -2.56. The molecule has 124 valence electrons. The average molecular weight is 340 g/mol. The van der Waals surface area contributed by atoms with Gasteiger partial charge >= 0.3 is 0 Å². The Hall–Kier alpha value is -1.80. The maximum atomic E-state index is 12.1. The van der Waals surface area contributed by atoms with E-state index < -0.39 is 0 Å². The number of amides is 1. The predicted molar refractivity (Wildman–Crippen MR) is 98.4 cm³/mol. The predicted octanol–water partition coefficient (Wildman–Crippen LogP) is 4.83. The third-order valence-electron chi connectivity index (χ3n) is 6.04. The second-order valence-electron chi connectivity index (χ2n) is 7.36. The number of halogens is 1. The highest BCUT2D eigenvalue weighted by Crippen LogP contribution is 2.46. The van der Waals surface area contributed by atoms with Crippen molar-refractivity contribution in [3.05, 3.63) is 58.6 Å². The van der Waals surface area contributed by atoms with Gasteiger partial charge in [0.05, 0.1) is 0 Å². The van der Waals surface area contributed by atoms with Crippen LogP contribution in [-0.4, -0.2) is 23.9 Å². The lowest BCUT2D eigenvalue weighted by Gasteiger charge is -2.50. The second kappa shape index (κ2) is 5.63. The van der Waals surface area contributed by atoms with Crippen LogP contribution < -0.4 is 0 Å². The number of nitrogens with zero attached hydrogens (tertiary/aromatic N) is 1. The highest BCUT2D eigenvalue weighted by atomic mass is 35.5. The van der Waals surface area contributed by atoms with E-state index in [1.165, 1.54) is 22.3 Å². The number of carbonyl (C=O) groups is 1. The van der Waals surface area contributed by atoms with Crippen LogP contribution in [0, 0.1) is 0 Å². The van der Waals surface area contributed by atoms with Crippen molar-refractivity contribution in [1.29, 1.82) is 0 Å². The zero-order valence-electron chi connectivity index (χ0n) is 14.2. The number of likely N-dealkylation sites (N-methyl/N-ethyl adjacent to an activating group) is 1. The summed E-state index contributed by atoms with van der Waals surface area (Å²) in [5.74, 6) is 0.290. The van der Waals surface area contributed by atoms with Gasteiger partial charge in [0.1, 0.15) is 0 Å². The first-order valence-electron chi connectivity index (χ1n) is 8.64. The zero-order valence-corrected chi connectivity index (χ0v) is 14.9. The molecule has 1 heterocycles. The minimum atomic E-state index is 0.0781. The van der Waals surface area contributed by atoms with Crippen molar-refractivity contribution in [2.75, 3.05) is 7.05 Å². The van der Waals surface area contributed by atoms with Crippen LogP contribution in [-0.2, 0) is 16.6 Å². The first kappa shape index (κ1) is 15.7. The highest BCUT2D eigenvalue weighted by Gasteiger charge is 2.46. The number of hydrogen-bond acceptors (Lipinski definition) is 1. The molecule has 4 rings (SSSR count). The molecule has 1 aliphatic carbocycles. The highest BCUT2D eigenvalue weighted by molar-refractivity contribution is 6.30. The van der Waals surface area contributed by atoms with Crippen molar-refractivity contribution in [2.45, 2.75) is 44.1 Å². The molecule has 0 spiro atoms. The molecule has 0 aromatic heterocycles. The molecule has 1 fully saturated rings. The number of carbonyl (C=O) groups excluding carboxylic acids is 1. The van der Waals surface area contributed by atoms with Crippen molar-refractivity contribution in [2.24, 2.45) is 0 Å². The van der Waals surface area contributed by atoms with Crippen LogP contribution in [0.1, 0.15) is 37.3 Å². The molecule has 0 unspecified atom stereocenters. The lowest BCUT2D eigenvalue weighted by atomic mass is 9.63. The van der Waals surface area contributed by atoms with Gasteiger partial charge in [-0.25, -0.2) is 0 Å². The Morgan fingerprint density at radius 2 is 1.79 bits per heavy atom. The van der Waals surface area contributed by atoms with E-state index in [2.05, 4.69) is 37.3 Å². The molecule has 1 amide bonds. The van der Waals surface area contributed by atoms with Crippen molar-refractivity contribution in [3.8, 4) is 11.1 Å². The molecule has 24 heavy (non-hydrogen) atoms. The Balaban J connectivity index is 1.74. The molecule has 0 N–H and O–H groups in total. The Kier molecular flexibility index (Phi) is 3.69. The summed E-state index contributed by atoms with van der Waals surface area (Å²) in [5.41, 5.74) is 5.38. The van der Waals surface area contributed by atoms with Crippen LogP contribution in [0.2, 0.25) is 5.02 Å². The summed E-state index contributed by atoms with van der Waals surface area (Å²) < 4.78 is 0. The van der Waals surface area contributed by atoms with Gasteiger partial charge in [-0.2, -0.15) is 0 Å². The smallest absolute Gasteiger partial charge is 0.222 e.